The number of nitrogens with two attached hydrogens (primary N) is 1. The molecule has 6 nitrogen and oxygen atoms in total. The molecular weight excluding hydrogens is 338 g/mol. The van der Waals surface area contributed by atoms with Crippen LogP contribution >= 0.6 is 0 Å². The molecule has 25 heavy (non-hydrogen) atoms. The summed E-state index contributed by atoms with van der Waals surface area (Å²) in [6.07, 6.45) is 1.49. The molecule has 2 aromatic carbocycles. The normalized spacial score (nSPS) is 12.4. The van der Waals surface area contributed by atoms with Gasteiger partial charge in [-0.2, -0.15) is 0 Å². The molecule has 134 valence electrons. The zero-order chi connectivity index (χ0) is 18.3. The predicted molar refractivity (Wildman–Crippen MR) is 97.5 cm³/mol. The summed E-state index contributed by atoms with van der Waals surface area (Å²) in [6.45, 7) is 2.46. The fourth-order valence-electron chi connectivity index (χ4n) is 2.41. The second-order valence-corrected chi connectivity index (χ2v) is 7.39. The predicted octanol–water partition coefficient (Wildman–Crippen LogP) is 2.33. The van der Waals surface area contributed by atoms with Crippen molar-refractivity contribution in [2.75, 3.05) is 6.54 Å². The molecule has 0 aliphatic carbocycles. The molecule has 0 aliphatic rings. The maximum absolute atomic E-state index is 11.9. The molecule has 2 rings (SSSR count). The highest BCUT2D eigenvalue weighted by atomic mass is 32.2. The third-order valence-electron chi connectivity index (χ3n) is 3.83. The summed E-state index contributed by atoms with van der Waals surface area (Å²) < 4.78 is 22.4. The highest BCUT2D eigenvalue weighted by Crippen LogP contribution is 2.11. The van der Waals surface area contributed by atoms with Crippen molar-refractivity contribution in [2.45, 2.75) is 30.7 Å². The van der Waals surface area contributed by atoms with Crippen LogP contribution in [-0.2, 0) is 16.4 Å². The van der Waals surface area contributed by atoms with Gasteiger partial charge >= 0.3 is 6.03 Å². The van der Waals surface area contributed by atoms with Gasteiger partial charge in [-0.3, -0.25) is 0 Å². The van der Waals surface area contributed by atoms with Gasteiger partial charge in [-0.1, -0.05) is 42.5 Å². The molecule has 7 heteroatoms. The molecule has 0 saturated carbocycles. The van der Waals surface area contributed by atoms with Crippen LogP contribution < -0.4 is 15.8 Å². The largest absolute Gasteiger partial charge is 0.338 e. The van der Waals surface area contributed by atoms with Gasteiger partial charge < -0.3 is 10.6 Å². The average molecular weight is 361 g/mol. The zero-order valence-corrected chi connectivity index (χ0v) is 14.9. The van der Waals surface area contributed by atoms with E-state index < -0.39 is 10.0 Å². The number of carbonyl (C=O) groups is 1. The summed E-state index contributed by atoms with van der Waals surface area (Å²) in [5, 5.41) is 10.8. The summed E-state index contributed by atoms with van der Waals surface area (Å²) in [7, 11) is -3.66. The smallest absolute Gasteiger partial charge is 0.315 e. The minimum atomic E-state index is -3.66. The number of hydrogen-bond donors (Lipinski definition) is 3. The number of nitrogens with one attached hydrogen (secondary N) is 2. The number of amides is 2. The maximum Gasteiger partial charge on any atom is 0.315 e. The van der Waals surface area contributed by atoms with Crippen molar-refractivity contribution < 1.29 is 13.2 Å². The Morgan fingerprint density at radius 3 is 2.32 bits per heavy atom. The maximum atomic E-state index is 11.9. The van der Waals surface area contributed by atoms with Crippen LogP contribution in [0.1, 0.15) is 30.5 Å². The fourth-order valence-corrected chi connectivity index (χ4v) is 2.93. The van der Waals surface area contributed by atoms with E-state index in [1.165, 1.54) is 12.1 Å². The standard InChI is InChI=1S/C18H23N3O3S/c1-14(16-7-3-2-4-8-16)21-18(22)20-13-5-6-15-9-11-17(12-10-15)25(19,23)24/h2-4,7-12,14H,5-6,13H2,1H3,(H2,19,23,24)(H2,20,21,22)/t14-/m0/s1. The van der Waals surface area contributed by atoms with Crippen molar-refractivity contribution in [3.05, 3.63) is 65.7 Å². The van der Waals surface area contributed by atoms with Crippen LogP contribution in [0.2, 0.25) is 0 Å². The minimum Gasteiger partial charge on any atom is -0.338 e. The molecule has 0 radical (unpaired) electrons. The van der Waals surface area contributed by atoms with Crippen LogP contribution in [-0.4, -0.2) is 21.0 Å². The van der Waals surface area contributed by atoms with Crippen molar-refractivity contribution in [3.63, 3.8) is 0 Å². The number of primary sulfonamides is 1. The Labute approximate surface area is 148 Å². The summed E-state index contributed by atoms with van der Waals surface area (Å²) >= 11 is 0. The molecule has 4 N–H and O–H groups in total. The van der Waals surface area contributed by atoms with E-state index in [0.717, 1.165) is 24.0 Å². The van der Waals surface area contributed by atoms with Crippen molar-refractivity contribution in [1.82, 2.24) is 10.6 Å². The number of aryl methyl sites for hydroxylation is 1. The van der Waals surface area contributed by atoms with Crippen molar-refractivity contribution in [2.24, 2.45) is 5.14 Å². The Hall–Kier alpha value is -2.38. The third kappa shape index (κ3) is 6.21. The SMILES string of the molecule is C[C@H](NC(=O)NCCCc1ccc(S(N)(=O)=O)cc1)c1ccccc1. The first-order valence-corrected chi connectivity index (χ1v) is 9.62. The van der Waals surface area contributed by atoms with Crippen LogP contribution in [0.5, 0.6) is 0 Å². The van der Waals surface area contributed by atoms with Crippen LogP contribution in [0.25, 0.3) is 0 Å². The van der Waals surface area contributed by atoms with Crippen molar-refractivity contribution in [1.29, 1.82) is 0 Å². The molecule has 0 bridgehead atoms. The quantitative estimate of drug-likeness (QED) is 0.660. The first-order valence-electron chi connectivity index (χ1n) is 8.07. The molecule has 0 fully saturated rings. The summed E-state index contributed by atoms with van der Waals surface area (Å²) in [5.74, 6) is 0. The lowest BCUT2D eigenvalue weighted by Crippen LogP contribution is -2.37. The van der Waals surface area contributed by atoms with Crippen molar-refractivity contribution >= 4 is 16.1 Å². The van der Waals surface area contributed by atoms with Crippen LogP contribution in [0.3, 0.4) is 0 Å². The van der Waals surface area contributed by atoms with E-state index in [1.54, 1.807) is 12.1 Å². The van der Waals surface area contributed by atoms with E-state index in [9.17, 15) is 13.2 Å². The molecular formula is C18H23N3O3S. The molecule has 2 amide bonds. The van der Waals surface area contributed by atoms with Crippen LogP contribution in [0, 0.1) is 0 Å². The van der Waals surface area contributed by atoms with E-state index in [1.807, 2.05) is 37.3 Å². The average Bonchev–Trinajstić information content (AvgIpc) is 2.59. The van der Waals surface area contributed by atoms with Gasteiger partial charge in [-0.25, -0.2) is 18.4 Å². The van der Waals surface area contributed by atoms with Crippen molar-refractivity contribution in [3.8, 4) is 0 Å². The second kappa shape index (κ2) is 8.64. The van der Waals surface area contributed by atoms with Gasteiger partial charge in [-0.15, -0.1) is 0 Å². The molecule has 1 atom stereocenters. The summed E-state index contributed by atoms with van der Waals surface area (Å²) in [6, 6.07) is 15.9. The third-order valence-corrected chi connectivity index (χ3v) is 4.76. The van der Waals surface area contributed by atoms with Gasteiger partial charge in [0.15, 0.2) is 0 Å². The zero-order valence-electron chi connectivity index (χ0n) is 14.1. The van der Waals surface area contributed by atoms with E-state index in [4.69, 9.17) is 5.14 Å². The molecule has 0 heterocycles. The van der Waals surface area contributed by atoms with Crippen LogP contribution in [0.4, 0.5) is 4.79 Å². The lowest BCUT2D eigenvalue weighted by Gasteiger charge is -2.15. The van der Waals surface area contributed by atoms with Gasteiger partial charge in [0.25, 0.3) is 0 Å². The van der Waals surface area contributed by atoms with Gasteiger partial charge in [0.05, 0.1) is 10.9 Å². The highest BCUT2D eigenvalue weighted by Gasteiger charge is 2.09. The molecule has 0 spiro atoms. The van der Waals surface area contributed by atoms with Crippen LogP contribution in [0.15, 0.2) is 59.5 Å². The topological polar surface area (TPSA) is 101 Å². The Morgan fingerprint density at radius 2 is 1.72 bits per heavy atom. The lowest BCUT2D eigenvalue weighted by atomic mass is 10.1. The number of urea groups is 1. The number of hydrogen-bond acceptors (Lipinski definition) is 3. The first kappa shape index (κ1) is 19.0. The van der Waals surface area contributed by atoms with E-state index in [-0.39, 0.29) is 17.0 Å². The number of benzene rings is 2. The van der Waals surface area contributed by atoms with Gasteiger partial charge in [0.1, 0.15) is 0 Å². The Kier molecular flexibility index (Phi) is 6.55. The van der Waals surface area contributed by atoms with Gasteiger partial charge in [-0.05, 0) is 43.0 Å². The lowest BCUT2D eigenvalue weighted by molar-refractivity contribution is 0.238. The highest BCUT2D eigenvalue weighted by molar-refractivity contribution is 7.89. The molecule has 0 aliphatic heterocycles. The minimum absolute atomic E-state index is 0.0630. The summed E-state index contributed by atoms with van der Waals surface area (Å²) in [5.41, 5.74) is 2.04. The monoisotopic (exact) mass is 361 g/mol. The molecule has 0 saturated heterocycles. The van der Waals surface area contributed by atoms with E-state index in [0.29, 0.717) is 6.54 Å². The fraction of sp³-hybridized carbons (Fsp3) is 0.278. The van der Waals surface area contributed by atoms with Gasteiger partial charge in [0, 0.05) is 6.54 Å². The van der Waals surface area contributed by atoms with E-state index >= 15 is 0 Å². The Bertz CT molecular complexity index is 790. The molecule has 0 aromatic heterocycles. The number of rotatable bonds is 7. The Balaban J connectivity index is 1.71. The van der Waals surface area contributed by atoms with E-state index in [2.05, 4.69) is 10.6 Å². The molecule has 2 aromatic rings. The van der Waals surface area contributed by atoms with Gasteiger partial charge in [0.2, 0.25) is 10.0 Å². The first-order chi connectivity index (χ1) is 11.9. The Morgan fingerprint density at radius 1 is 1.08 bits per heavy atom. The summed E-state index contributed by atoms with van der Waals surface area (Å²) in [4.78, 5) is 12.0. The second-order valence-electron chi connectivity index (χ2n) is 5.83. The number of carbonyl (C=O) groups excluding carboxylic acids is 1. The molecule has 0 unspecified atom stereocenters. The number of sulfonamides is 1.